The standard InChI is InChI=1S/C19H20N7O/c1-11-8-12(2)26-18(20-11)22-16(23-26)9-17(27)25-13(3)10-24-15-7-5-4-6-14(15)21-19(24)25/h4-7,13H,8-10H2,1-3H3/q+1/t13-/m0/s1. The van der Waals surface area contributed by atoms with Crippen molar-refractivity contribution >= 4 is 46.1 Å². The summed E-state index contributed by atoms with van der Waals surface area (Å²) in [4.78, 5) is 28.4. The molecule has 0 unspecified atom stereocenters. The van der Waals surface area contributed by atoms with Crippen LogP contribution in [0.4, 0.5) is 5.95 Å². The number of para-hydroxylation sites is 2. The van der Waals surface area contributed by atoms with Crippen molar-refractivity contribution in [3.8, 4) is 0 Å². The first-order chi connectivity index (χ1) is 13.0. The van der Waals surface area contributed by atoms with Gasteiger partial charge in [0.15, 0.2) is 0 Å². The second-order valence-electron chi connectivity index (χ2n) is 7.30. The van der Waals surface area contributed by atoms with Crippen molar-refractivity contribution < 1.29 is 9.48 Å². The number of carbonyl (C=O) groups is 1. The Bertz CT molecular complexity index is 1120. The predicted molar refractivity (Wildman–Crippen MR) is 105 cm³/mol. The lowest BCUT2D eigenvalue weighted by Gasteiger charge is -2.18. The van der Waals surface area contributed by atoms with Gasteiger partial charge in [0.05, 0.1) is 29.2 Å². The van der Waals surface area contributed by atoms with Crippen LogP contribution in [-0.4, -0.2) is 49.4 Å². The van der Waals surface area contributed by atoms with Gasteiger partial charge >= 0.3 is 5.96 Å². The van der Waals surface area contributed by atoms with E-state index in [2.05, 4.69) is 24.6 Å². The van der Waals surface area contributed by atoms with Crippen LogP contribution in [0.2, 0.25) is 0 Å². The van der Waals surface area contributed by atoms with E-state index in [1.54, 1.807) is 9.58 Å². The predicted octanol–water partition coefficient (Wildman–Crippen LogP) is 2.18. The monoisotopic (exact) mass is 362 g/mol. The number of nitrogens with zero attached hydrogens (tertiary/aromatic N) is 7. The lowest BCUT2D eigenvalue weighted by Crippen LogP contribution is -2.37. The first-order valence-electron chi connectivity index (χ1n) is 9.11. The van der Waals surface area contributed by atoms with Crippen molar-refractivity contribution in [1.29, 1.82) is 0 Å². The smallest absolute Gasteiger partial charge is 0.308 e. The maximum absolute atomic E-state index is 13.1. The molecule has 3 aliphatic rings. The van der Waals surface area contributed by atoms with Gasteiger partial charge in [-0.1, -0.05) is 22.2 Å². The zero-order valence-electron chi connectivity index (χ0n) is 15.5. The summed E-state index contributed by atoms with van der Waals surface area (Å²) in [6.07, 6.45) is 0.909. The van der Waals surface area contributed by atoms with Crippen molar-refractivity contribution in [2.45, 2.75) is 46.2 Å². The highest BCUT2D eigenvalue weighted by Gasteiger charge is 2.37. The Balaban J connectivity index is 1.45. The van der Waals surface area contributed by atoms with Crippen molar-refractivity contribution in [2.24, 2.45) is 15.1 Å². The molecule has 0 spiro atoms. The number of amidine groups is 1. The number of carbonyl (C=O) groups excluding carboxylic acids is 1. The number of guanidine groups is 1. The van der Waals surface area contributed by atoms with Gasteiger partial charge in [0.25, 0.3) is 5.84 Å². The number of benzene rings is 1. The van der Waals surface area contributed by atoms with Crippen molar-refractivity contribution in [1.82, 2.24) is 9.55 Å². The number of amides is 1. The third kappa shape index (κ3) is 2.43. The van der Waals surface area contributed by atoms with Crippen LogP contribution >= 0.6 is 0 Å². The molecule has 27 heavy (non-hydrogen) atoms. The molecule has 2 aromatic rings. The maximum Gasteiger partial charge on any atom is 0.458 e. The number of imidazole rings is 1. The van der Waals surface area contributed by atoms with Crippen LogP contribution in [0.5, 0.6) is 0 Å². The average molecular weight is 362 g/mol. The fourth-order valence-corrected chi connectivity index (χ4v) is 3.95. The summed E-state index contributed by atoms with van der Waals surface area (Å²) < 4.78 is 3.84. The number of hydrogen-bond acceptors (Lipinski definition) is 5. The zero-order chi connectivity index (χ0) is 18.7. The first kappa shape index (κ1) is 16.0. The molecule has 0 N–H and O–H groups in total. The lowest BCUT2D eigenvalue weighted by atomic mass is 10.2. The van der Waals surface area contributed by atoms with Crippen molar-refractivity contribution in [3.05, 3.63) is 24.3 Å². The number of anilines is 1. The van der Waals surface area contributed by atoms with Gasteiger partial charge in [-0.3, -0.25) is 9.69 Å². The third-order valence-electron chi connectivity index (χ3n) is 5.11. The third-order valence-corrected chi connectivity index (χ3v) is 5.11. The Labute approximate surface area is 156 Å². The normalized spacial score (nSPS) is 21.2. The fourth-order valence-electron chi connectivity index (χ4n) is 3.95. The first-order valence-corrected chi connectivity index (χ1v) is 9.11. The van der Waals surface area contributed by atoms with Gasteiger partial charge < -0.3 is 4.57 Å². The van der Waals surface area contributed by atoms with E-state index in [9.17, 15) is 4.79 Å². The highest BCUT2D eigenvalue weighted by molar-refractivity contribution is 6.15. The number of hydrazone groups is 1. The largest absolute Gasteiger partial charge is 0.458 e. The second-order valence-corrected chi connectivity index (χ2v) is 7.30. The van der Waals surface area contributed by atoms with Crippen LogP contribution in [-0.2, 0) is 11.3 Å². The van der Waals surface area contributed by atoms with Crippen molar-refractivity contribution in [3.63, 3.8) is 0 Å². The minimum absolute atomic E-state index is 0.0437. The molecular weight excluding hydrogens is 342 g/mol. The molecule has 0 bridgehead atoms. The van der Waals surface area contributed by atoms with Gasteiger partial charge in [-0.15, -0.1) is 4.68 Å². The van der Waals surface area contributed by atoms with Gasteiger partial charge in [-0.25, -0.2) is 4.98 Å². The molecular formula is C19H20N7O+. The number of aliphatic imine (C=N–C) groups is 2. The van der Waals surface area contributed by atoms with Crippen LogP contribution < -0.4 is 4.90 Å². The zero-order valence-corrected chi connectivity index (χ0v) is 15.5. The van der Waals surface area contributed by atoms with Crippen LogP contribution in [0, 0.1) is 0 Å². The molecule has 5 rings (SSSR count). The lowest BCUT2D eigenvalue weighted by molar-refractivity contribution is -0.412. The summed E-state index contributed by atoms with van der Waals surface area (Å²) >= 11 is 0. The molecule has 0 radical (unpaired) electrons. The van der Waals surface area contributed by atoms with Gasteiger partial charge in [-0.05, 0) is 37.9 Å². The molecule has 1 atom stereocenters. The quantitative estimate of drug-likeness (QED) is 0.768. The van der Waals surface area contributed by atoms with E-state index >= 15 is 0 Å². The molecule has 0 saturated carbocycles. The van der Waals surface area contributed by atoms with Crippen LogP contribution in [0.25, 0.3) is 11.0 Å². The minimum Gasteiger partial charge on any atom is -0.308 e. The summed E-state index contributed by atoms with van der Waals surface area (Å²) in [7, 11) is 0. The number of aromatic nitrogens is 2. The summed E-state index contributed by atoms with van der Waals surface area (Å²) in [5.41, 5.74) is 4.04. The topological polar surface area (TPSA) is 78.2 Å². The highest BCUT2D eigenvalue weighted by atomic mass is 16.2. The number of rotatable bonds is 2. The Morgan fingerprint density at radius 2 is 2.07 bits per heavy atom. The fraction of sp³-hybridized carbons (Fsp3) is 0.368. The van der Waals surface area contributed by atoms with E-state index in [1.165, 1.54) is 0 Å². The van der Waals surface area contributed by atoms with Gasteiger partial charge in [0.2, 0.25) is 11.9 Å². The van der Waals surface area contributed by atoms with E-state index in [1.807, 2.05) is 45.0 Å². The molecule has 8 heteroatoms. The van der Waals surface area contributed by atoms with E-state index in [4.69, 9.17) is 0 Å². The van der Waals surface area contributed by atoms with Crippen LogP contribution in [0.1, 0.15) is 33.6 Å². The molecule has 0 aliphatic carbocycles. The Morgan fingerprint density at radius 3 is 2.93 bits per heavy atom. The molecule has 1 aromatic heterocycles. The molecule has 8 nitrogen and oxygen atoms in total. The van der Waals surface area contributed by atoms with Crippen LogP contribution in [0.3, 0.4) is 0 Å². The van der Waals surface area contributed by atoms with E-state index in [0.29, 0.717) is 17.7 Å². The van der Waals surface area contributed by atoms with E-state index in [0.717, 1.165) is 35.4 Å². The Morgan fingerprint density at radius 1 is 1.26 bits per heavy atom. The molecule has 3 aliphatic heterocycles. The second kappa shape index (κ2) is 5.67. The molecule has 0 saturated heterocycles. The maximum atomic E-state index is 13.1. The van der Waals surface area contributed by atoms with Crippen LogP contribution in [0.15, 0.2) is 39.4 Å². The summed E-state index contributed by atoms with van der Waals surface area (Å²) in [6, 6.07) is 8.01. The average Bonchev–Trinajstić information content (AvgIpc) is 3.25. The van der Waals surface area contributed by atoms with Crippen molar-refractivity contribution in [2.75, 3.05) is 4.90 Å². The molecule has 136 valence electrons. The summed E-state index contributed by atoms with van der Waals surface area (Å²) in [5.74, 6) is 1.71. The highest BCUT2D eigenvalue weighted by Crippen LogP contribution is 2.31. The SMILES string of the molecule is CC1=NC2=NC(CC(=O)N3c4nc5ccccc5n4C[C@@H]3C)=N[N+]2=C(C)C1. The number of fused-ring (bicyclic) bond motifs is 4. The van der Waals surface area contributed by atoms with Gasteiger partial charge in [-0.2, -0.15) is 0 Å². The minimum atomic E-state index is -0.0437. The molecule has 1 aromatic carbocycles. The Kier molecular flexibility index (Phi) is 3.37. The summed E-state index contributed by atoms with van der Waals surface area (Å²) in [5, 5.41) is 4.49. The van der Waals surface area contributed by atoms with Gasteiger partial charge in [0.1, 0.15) is 12.1 Å². The molecule has 0 fully saturated rings. The molecule has 4 heterocycles. The molecule has 1 amide bonds. The van der Waals surface area contributed by atoms with E-state index < -0.39 is 0 Å². The Hall–Kier alpha value is -3.16. The van der Waals surface area contributed by atoms with Gasteiger partial charge in [0, 0.05) is 6.54 Å². The number of hydrogen-bond donors (Lipinski definition) is 0. The summed E-state index contributed by atoms with van der Waals surface area (Å²) in [6.45, 7) is 6.76. The van der Waals surface area contributed by atoms with E-state index in [-0.39, 0.29) is 18.4 Å².